The third kappa shape index (κ3) is 1.57. The van der Waals surface area contributed by atoms with Crippen molar-refractivity contribution in [1.82, 2.24) is 4.90 Å². The molecule has 2 heteroatoms. The number of hydrogen-bond donors (Lipinski definition) is 0. The lowest BCUT2D eigenvalue weighted by Crippen LogP contribution is -2.42. The van der Waals surface area contributed by atoms with Crippen LogP contribution in [-0.4, -0.2) is 28.0 Å². The lowest BCUT2D eigenvalue weighted by atomic mass is 10.1. The lowest BCUT2D eigenvalue weighted by Gasteiger charge is -2.33. The molecule has 1 heterocycles. The maximum Gasteiger partial charge on any atom is 0.0300 e. The van der Waals surface area contributed by atoms with Gasteiger partial charge in [-0.15, -0.1) is 0 Å². The molecule has 2 rings (SSSR count). The van der Waals surface area contributed by atoms with Crippen LogP contribution < -0.4 is 0 Å². The Morgan fingerprint density at radius 1 is 1.09 bits per heavy atom. The molecule has 1 aliphatic carbocycles. The molecule has 0 atom stereocenters. The van der Waals surface area contributed by atoms with Crippen molar-refractivity contribution in [2.24, 2.45) is 0 Å². The summed E-state index contributed by atoms with van der Waals surface area (Å²) in [5, 5.41) is 0. The molecule has 0 amide bonds. The Bertz CT molecular complexity index is 136. The van der Waals surface area contributed by atoms with Crippen LogP contribution in [0.5, 0.6) is 0 Å². The van der Waals surface area contributed by atoms with Crippen molar-refractivity contribution >= 4 is 22.6 Å². The maximum atomic E-state index is 2.74. The van der Waals surface area contributed by atoms with Crippen LogP contribution in [0.4, 0.5) is 0 Å². The highest BCUT2D eigenvalue weighted by Crippen LogP contribution is 2.44. The molecule has 0 aromatic carbocycles. The Hall–Kier alpha value is 0.690. The summed E-state index contributed by atoms with van der Waals surface area (Å²) in [7, 11) is 0. The summed E-state index contributed by atoms with van der Waals surface area (Å²) >= 11 is 2.55. The van der Waals surface area contributed by atoms with Gasteiger partial charge in [-0.05, 0) is 38.8 Å². The van der Waals surface area contributed by atoms with Crippen LogP contribution in [0.15, 0.2) is 0 Å². The molecule has 2 aliphatic rings. The first-order valence-electron chi connectivity index (χ1n) is 4.68. The standard InChI is InChI=1S/C9H16IN/c10-8-9(4-5-9)11-6-2-1-3-7-11/h1-8H2. The van der Waals surface area contributed by atoms with Crippen molar-refractivity contribution in [3.8, 4) is 0 Å². The summed E-state index contributed by atoms with van der Waals surface area (Å²) < 4.78 is 1.35. The number of rotatable bonds is 2. The second kappa shape index (κ2) is 3.21. The summed E-state index contributed by atoms with van der Waals surface area (Å²) in [5.74, 6) is 0. The number of likely N-dealkylation sites (tertiary alicyclic amines) is 1. The first kappa shape index (κ1) is 8.30. The Labute approximate surface area is 82.7 Å². The topological polar surface area (TPSA) is 3.24 Å². The van der Waals surface area contributed by atoms with Gasteiger partial charge in [0.05, 0.1) is 0 Å². The van der Waals surface area contributed by atoms with Crippen LogP contribution in [0.25, 0.3) is 0 Å². The van der Waals surface area contributed by atoms with E-state index in [1.165, 1.54) is 49.6 Å². The van der Waals surface area contributed by atoms with E-state index in [1.807, 2.05) is 0 Å². The Kier molecular flexibility index (Phi) is 2.42. The molecular formula is C9H16IN. The summed E-state index contributed by atoms with van der Waals surface area (Å²) in [6.07, 6.45) is 7.29. The van der Waals surface area contributed by atoms with Gasteiger partial charge in [0, 0.05) is 9.97 Å². The van der Waals surface area contributed by atoms with Crippen molar-refractivity contribution in [2.75, 3.05) is 17.5 Å². The highest BCUT2D eigenvalue weighted by molar-refractivity contribution is 14.1. The highest BCUT2D eigenvalue weighted by Gasteiger charge is 2.46. The van der Waals surface area contributed by atoms with Crippen LogP contribution in [0.3, 0.4) is 0 Å². The second-order valence-corrected chi connectivity index (χ2v) is 4.67. The van der Waals surface area contributed by atoms with E-state index < -0.39 is 0 Å². The van der Waals surface area contributed by atoms with E-state index in [0.29, 0.717) is 5.54 Å². The number of piperidine rings is 1. The van der Waals surface area contributed by atoms with Crippen LogP contribution in [-0.2, 0) is 0 Å². The minimum Gasteiger partial charge on any atom is -0.297 e. The number of hydrogen-bond acceptors (Lipinski definition) is 1. The predicted molar refractivity (Wildman–Crippen MR) is 56.3 cm³/mol. The summed E-state index contributed by atoms with van der Waals surface area (Å²) in [5.41, 5.74) is 0.682. The first-order valence-corrected chi connectivity index (χ1v) is 6.21. The molecular weight excluding hydrogens is 249 g/mol. The molecule has 0 bridgehead atoms. The molecule has 2 fully saturated rings. The average Bonchev–Trinajstić information content (AvgIpc) is 2.86. The van der Waals surface area contributed by atoms with Crippen molar-refractivity contribution in [2.45, 2.75) is 37.6 Å². The molecule has 11 heavy (non-hydrogen) atoms. The van der Waals surface area contributed by atoms with E-state index >= 15 is 0 Å². The van der Waals surface area contributed by atoms with Gasteiger partial charge in [0.2, 0.25) is 0 Å². The van der Waals surface area contributed by atoms with Gasteiger partial charge in [0.15, 0.2) is 0 Å². The van der Waals surface area contributed by atoms with Crippen molar-refractivity contribution in [3.63, 3.8) is 0 Å². The zero-order valence-electron chi connectivity index (χ0n) is 6.98. The van der Waals surface area contributed by atoms with Gasteiger partial charge in [-0.1, -0.05) is 29.0 Å². The van der Waals surface area contributed by atoms with Gasteiger partial charge < -0.3 is 0 Å². The molecule has 0 unspecified atom stereocenters. The molecule has 0 spiro atoms. The maximum absolute atomic E-state index is 2.74. The van der Waals surface area contributed by atoms with E-state index in [0.717, 1.165) is 0 Å². The Morgan fingerprint density at radius 2 is 1.73 bits per heavy atom. The van der Waals surface area contributed by atoms with E-state index in [2.05, 4.69) is 27.5 Å². The molecule has 1 nitrogen and oxygen atoms in total. The van der Waals surface area contributed by atoms with E-state index in [4.69, 9.17) is 0 Å². The molecule has 0 aromatic rings. The van der Waals surface area contributed by atoms with Gasteiger partial charge in [-0.25, -0.2) is 0 Å². The number of halogens is 1. The molecule has 64 valence electrons. The number of alkyl halides is 1. The third-order valence-corrected chi connectivity index (χ3v) is 4.52. The fourth-order valence-corrected chi connectivity index (χ4v) is 3.29. The fraction of sp³-hybridized carbons (Fsp3) is 1.00. The molecule has 1 saturated carbocycles. The Morgan fingerprint density at radius 3 is 2.18 bits per heavy atom. The van der Waals surface area contributed by atoms with E-state index in [9.17, 15) is 0 Å². The molecule has 0 aromatic heterocycles. The fourth-order valence-electron chi connectivity index (χ4n) is 2.05. The largest absolute Gasteiger partial charge is 0.297 e. The molecule has 0 N–H and O–H groups in total. The van der Waals surface area contributed by atoms with Crippen LogP contribution >= 0.6 is 22.6 Å². The van der Waals surface area contributed by atoms with Crippen LogP contribution in [0.2, 0.25) is 0 Å². The zero-order valence-corrected chi connectivity index (χ0v) is 9.14. The second-order valence-electron chi connectivity index (χ2n) is 3.91. The van der Waals surface area contributed by atoms with Crippen LogP contribution in [0.1, 0.15) is 32.1 Å². The molecule has 1 saturated heterocycles. The van der Waals surface area contributed by atoms with Gasteiger partial charge in [-0.3, -0.25) is 4.90 Å². The quantitative estimate of drug-likeness (QED) is 0.547. The number of nitrogens with zero attached hydrogens (tertiary/aromatic N) is 1. The SMILES string of the molecule is ICC1(N2CCCCC2)CC1. The van der Waals surface area contributed by atoms with E-state index in [-0.39, 0.29) is 0 Å². The summed E-state index contributed by atoms with van der Waals surface area (Å²) in [6.45, 7) is 2.76. The predicted octanol–water partition coefficient (Wildman–Crippen LogP) is 2.44. The smallest absolute Gasteiger partial charge is 0.0300 e. The van der Waals surface area contributed by atoms with Crippen molar-refractivity contribution in [1.29, 1.82) is 0 Å². The van der Waals surface area contributed by atoms with Crippen LogP contribution in [0, 0.1) is 0 Å². The lowest BCUT2D eigenvalue weighted by molar-refractivity contribution is 0.163. The van der Waals surface area contributed by atoms with Gasteiger partial charge in [0.1, 0.15) is 0 Å². The van der Waals surface area contributed by atoms with Gasteiger partial charge in [-0.2, -0.15) is 0 Å². The monoisotopic (exact) mass is 265 g/mol. The average molecular weight is 265 g/mol. The summed E-state index contributed by atoms with van der Waals surface area (Å²) in [4.78, 5) is 2.74. The summed E-state index contributed by atoms with van der Waals surface area (Å²) in [6, 6.07) is 0. The highest BCUT2D eigenvalue weighted by atomic mass is 127. The normalized spacial score (nSPS) is 30.3. The van der Waals surface area contributed by atoms with Crippen molar-refractivity contribution < 1.29 is 0 Å². The Balaban J connectivity index is 1.92. The first-order chi connectivity index (χ1) is 5.37. The molecule has 0 radical (unpaired) electrons. The third-order valence-electron chi connectivity index (χ3n) is 3.10. The molecule has 1 aliphatic heterocycles. The van der Waals surface area contributed by atoms with Gasteiger partial charge in [0.25, 0.3) is 0 Å². The zero-order chi connectivity index (χ0) is 7.73. The minimum absolute atomic E-state index is 0.682. The van der Waals surface area contributed by atoms with Gasteiger partial charge >= 0.3 is 0 Å². The minimum atomic E-state index is 0.682. The van der Waals surface area contributed by atoms with E-state index in [1.54, 1.807) is 0 Å². The van der Waals surface area contributed by atoms with Crippen molar-refractivity contribution in [3.05, 3.63) is 0 Å².